The van der Waals surface area contributed by atoms with Gasteiger partial charge in [0.05, 0.1) is 22.6 Å². The fraction of sp³-hybridized carbons (Fsp3) is 0.333. The average molecular weight is 485 g/mol. The molecule has 9 nitrogen and oxygen atoms in total. The first kappa shape index (κ1) is 23.8. The van der Waals surface area contributed by atoms with Crippen molar-refractivity contribution in [2.75, 3.05) is 19.7 Å². The van der Waals surface area contributed by atoms with Crippen molar-refractivity contribution in [1.29, 1.82) is 0 Å². The summed E-state index contributed by atoms with van der Waals surface area (Å²) in [6.45, 7) is 1.20. The summed E-state index contributed by atoms with van der Waals surface area (Å²) in [7, 11) is -3.99. The molecule has 0 saturated carbocycles. The van der Waals surface area contributed by atoms with E-state index >= 15 is 0 Å². The second-order valence-electron chi connectivity index (χ2n) is 8.18. The number of carbonyl (C=O) groups excluding carboxylic acids is 4. The molecule has 1 saturated heterocycles. The molecule has 10 heteroatoms. The summed E-state index contributed by atoms with van der Waals surface area (Å²) < 4.78 is 32.9. The molecule has 0 spiro atoms. The summed E-state index contributed by atoms with van der Waals surface area (Å²) in [6, 6.07) is 11.0. The van der Waals surface area contributed by atoms with Crippen molar-refractivity contribution in [3.8, 4) is 0 Å². The zero-order valence-corrected chi connectivity index (χ0v) is 19.4. The molecule has 1 unspecified atom stereocenters. The molecule has 2 aromatic carbocycles. The van der Waals surface area contributed by atoms with Gasteiger partial charge in [0, 0.05) is 12.1 Å². The minimum absolute atomic E-state index is 0.0109. The number of nitrogens with zero attached hydrogens (tertiary/aromatic N) is 2. The molecule has 178 valence electrons. The molecule has 0 N–H and O–H groups in total. The summed E-state index contributed by atoms with van der Waals surface area (Å²) in [4.78, 5) is 50.2. The molecule has 2 aromatic rings. The van der Waals surface area contributed by atoms with E-state index in [1.807, 2.05) is 0 Å². The van der Waals surface area contributed by atoms with Gasteiger partial charge in [-0.05, 0) is 50.5 Å². The fourth-order valence-corrected chi connectivity index (χ4v) is 5.85. The molecule has 2 amide bonds. The van der Waals surface area contributed by atoms with Crippen molar-refractivity contribution in [1.82, 2.24) is 9.21 Å². The van der Waals surface area contributed by atoms with Crippen molar-refractivity contribution < 1.29 is 32.3 Å². The molecule has 1 fully saturated rings. The maximum Gasteiger partial charge on any atom is 0.324 e. The van der Waals surface area contributed by atoms with Crippen LogP contribution in [0.2, 0.25) is 0 Å². The summed E-state index contributed by atoms with van der Waals surface area (Å²) in [5.74, 6) is -1.80. The van der Waals surface area contributed by atoms with Gasteiger partial charge < -0.3 is 4.74 Å². The SMILES string of the molecule is CC(=O)c1ccc(S(=O)(=O)N2CCCCC2C(=O)OCCN2C(=O)c3ccccc3C2=O)cc1. The number of Topliss-reactive ketones (excluding diaryl/α,β-unsaturated/α-hetero) is 1. The van der Waals surface area contributed by atoms with Crippen molar-refractivity contribution in [2.24, 2.45) is 0 Å². The van der Waals surface area contributed by atoms with E-state index in [9.17, 15) is 27.6 Å². The maximum absolute atomic E-state index is 13.2. The number of imide groups is 1. The van der Waals surface area contributed by atoms with Gasteiger partial charge in [0.25, 0.3) is 11.8 Å². The first-order valence-corrected chi connectivity index (χ1v) is 12.4. The highest BCUT2D eigenvalue weighted by Crippen LogP contribution is 2.27. The highest BCUT2D eigenvalue weighted by atomic mass is 32.2. The standard InChI is InChI=1S/C24H24N2O7S/c1-16(27)17-9-11-18(12-10-17)34(31,32)26-13-5-4-8-21(26)24(30)33-15-14-25-22(28)19-6-2-3-7-20(19)23(25)29/h2-3,6-7,9-12,21H,4-5,8,13-15H2,1H3. The van der Waals surface area contributed by atoms with Crippen LogP contribution in [0, 0.1) is 0 Å². The van der Waals surface area contributed by atoms with E-state index in [4.69, 9.17) is 4.74 Å². The molecule has 2 heterocycles. The van der Waals surface area contributed by atoms with Crippen molar-refractivity contribution in [3.63, 3.8) is 0 Å². The number of fused-ring (bicyclic) bond motifs is 1. The molecule has 2 aliphatic rings. The molecular formula is C24H24N2O7S. The summed E-state index contributed by atoms with van der Waals surface area (Å²) in [5, 5.41) is 0. The van der Waals surface area contributed by atoms with E-state index in [1.165, 1.54) is 31.2 Å². The molecule has 2 aliphatic heterocycles. The Balaban J connectivity index is 1.42. The predicted octanol–water partition coefficient (Wildman–Crippen LogP) is 2.27. The van der Waals surface area contributed by atoms with Crippen LogP contribution in [0.3, 0.4) is 0 Å². The van der Waals surface area contributed by atoms with Crippen LogP contribution in [-0.2, 0) is 19.6 Å². The van der Waals surface area contributed by atoms with E-state index in [0.717, 1.165) is 9.21 Å². The first-order valence-electron chi connectivity index (χ1n) is 11.0. The zero-order valence-electron chi connectivity index (χ0n) is 18.6. The third kappa shape index (κ3) is 4.38. The Morgan fingerprint density at radius 1 is 0.971 bits per heavy atom. The quantitative estimate of drug-likeness (QED) is 0.336. The van der Waals surface area contributed by atoms with Crippen molar-refractivity contribution >= 4 is 33.6 Å². The van der Waals surface area contributed by atoms with Crippen LogP contribution in [-0.4, -0.2) is 66.9 Å². The third-order valence-corrected chi connectivity index (χ3v) is 7.95. The summed E-state index contributed by atoms with van der Waals surface area (Å²) in [5.41, 5.74) is 1.00. The number of sulfonamides is 1. The van der Waals surface area contributed by atoms with E-state index in [-0.39, 0.29) is 30.4 Å². The lowest BCUT2D eigenvalue weighted by Crippen LogP contribution is -2.49. The Kier molecular flexibility index (Phi) is 6.63. The lowest BCUT2D eigenvalue weighted by molar-refractivity contribution is -0.149. The topological polar surface area (TPSA) is 118 Å². The smallest absolute Gasteiger partial charge is 0.324 e. The number of benzene rings is 2. The van der Waals surface area contributed by atoms with Crippen LogP contribution in [0.1, 0.15) is 57.3 Å². The Morgan fingerprint density at radius 2 is 1.59 bits per heavy atom. The number of rotatable bonds is 7. The lowest BCUT2D eigenvalue weighted by Gasteiger charge is -2.33. The number of hydrogen-bond donors (Lipinski definition) is 0. The van der Waals surface area contributed by atoms with E-state index in [1.54, 1.807) is 24.3 Å². The summed E-state index contributed by atoms with van der Waals surface area (Å²) >= 11 is 0. The Morgan fingerprint density at radius 3 is 2.18 bits per heavy atom. The van der Waals surface area contributed by atoms with Gasteiger partial charge in [0.15, 0.2) is 5.78 Å². The number of ketones is 1. The number of amides is 2. The van der Waals surface area contributed by atoms with Gasteiger partial charge >= 0.3 is 5.97 Å². The largest absolute Gasteiger partial charge is 0.463 e. The highest BCUT2D eigenvalue weighted by molar-refractivity contribution is 7.89. The Bertz CT molecular complexity index is 1220. The molecule has 4 rings (SSSR count). The van der Waals surface area contributed by atoms with Gasteiger partial charge in [-0.3, -0.25) is 24.1 Å². The van der Waals surface area contributed by atoms with E-state index < -0.39 is 33.8 Å². The molecular weight excluding hydrogens is 460 g/mol. The Labute approximate surface area is 197 Å². The van der Waals surface area contributed by atoms with Crippen LogP contribution in [0.25, 0.3) is 0 Å². The number of esters is 1. The van der Waals surface area contributed by atoms with Crippen LogP contribution in [0.5, 0.6) is 0 Å². The molecule has 1 atom stereocenters. The Hall–Kier alpha value is -3.37. The second kappa shape index (κ2) is 9.47. The lowest BCUT2D eigenvalue weighted by atomic mass is 10.1. The predicted molar refractivity (Wildman–Crippen MR) is 121 cm³/mol. The number of carbonyl (C=O) groups is 4. The highest BCUT2D eigenvalue weighted by Gasteiger charge is 2.39. The monoisotopic (exact) mass is 484 g/mol. The average Bonchev–Trinajstić information content (AvgIpc) is 3.09. The van der Waals surface area contributed by atoms with Gasteiger partial charge in [-0.2, -0.15) is 4.31 Å². The molecule has 34 heavy (non-hydrogen) atoms. The molecule has 0 bridgehead atoms. The van der Waals surface area contributed by atoms with Crippen LogP contribution < -0.4 is 0 Å². The normalized spacial score (nSPS) is 18.6. The van der Waals surface area contributed by atoms with Crippen LogP contribution >= 0.6 is 0 Å². The second-order valence-corrected chi connectivity index (χ2v) is 10.1. The van der Waals surface area contributed by atoms with Crippen LogP contribution in [0.15, 0.2) is 53.4 Å². The van der Waals surface area contributed by atoms with Crippen molar-refractivity contribution in [3.05, 3.63) is 65.2 Å². The van der Waals surface area contributed by atoms with Gasteiger partial charge in [-0.1, -0.05) is 24.3 Å². The number of ether oxygens (including phenoxy) is 1. The number of hydrogen-bond acceptors (Lipinski definition) is 7. The minimum atomic E-state index is -3.99. The van der Waals surface area contributed by atoms with Gasteiger partial charge in [0.2, 0.25) is 10.0 Å². The van der Waals surface area contributed by atoms with E-state index in [0.29, 0.717) is 36.0 Å². The molecule has 0 radical (unpaired) electrons. The van der Waals surface area contributed by atoms with Gasteiger partial charge in [-0.25, -0.2) is 8.42 Å². The molecule has 0 aromatic heterocycles. The van der Waals surface area contributed by atoms with E-state index in [2.05, 4.69) is 0 Å². The van der Waals surface area contributed by atoms with Crippen molar-refractivity contribution in [2.45, 2.75) is 37.1 Å². The fourth-order valence-electron chi connectivity index (χ4n) is 4.20. The summed E-state index contributed by atoms with van der Waals surface area (Å²) in [6.07, 6.45) is 1.56. The number of piperidine rings is 1. The van der Waals surface area contributed by atoms with Crippen LogP contribution in [0.4, 0.5) is 0 Å². The van der Waals surface area contributed by atoms with Gasteiger partial charge in [-0.15, -0.1) is 0 Å². The third-order valence-electron chi connectivity index (χ3n) is 6.03. The minimum Gasteiger partial charge on any atom is -0.463 e. The maximum atomic E-state index is 13.2. The first-order chi connectivity index (χ1) is 16.2. The van der Waals surface area contributed by atoms with Gasteiger partial charge in [0.1, 0.15) is 12.6 Å². The zero-order chi connectivity index (χ0) is 24.5. The molecule has 0 aliphatic carbocycles.